The fourth-order valence-corrected chi connectivity index (χ4v) is 0.473. The zero-order valence-corrected chi connectivity index (χ0v) is 6.50. The van der Waals surface area contributed by atoms with Gasteiger partial charge in [0.2, 0.25) is 5.82 Å². The lowest BCUT2D eigenvalue weighted by Gasteiger charge is -1.84. The van der Waals surface area contributed by atoms with Crippen molar-refractivity contribution >= 4 is 0 Å². The maximum Gasteiger partial charge on any atom is 0.212 e. The second kappa shape index (κ2) is 4.57. The third-order valence-corrected chi connectivity index (χ3v) is 0.921. The Morgan fingerprint density at radius 2 is 2.20 bits per heavy atom. The molecule has 0 aliphatic rings. The Labute approximate surface area is 60.9 Å². The van der Waals surface area contributed by atoms with Gasteiger partial charge in [-0.2, -0.15) is 5.26 Å². The second-order valence-corrected chi connectivity index (χ2v) is 1.47. The molecule has 3 nitrogen and oxygen atoms in total. The lowest BCUT2D eigenvalue weighted by molar-refractivity contribution is 0.889. The Hall–Kier alpha value is -1.30. The van der Waals surface area contributed by atoms with Crippen molar-refractivity contribution in [3.63, 3.8) is 0 Å². The highest BCUT2D eigenvalue weighted by molar-refractivity contribution is 5.09. The molecule has 1 aromatic rings. The number of hydrogen-bond donors (Lipinski definition) is 0. The largest absolute Gasteiger partial charge is 0.326 e. The van der Waals surface area contributed by atoms with Gasteiger partial charge in [-0.05, 0) is 0 Å². The minimum Gasteiger partial charge on any atom is -0.326 e. The average molecular weight is 137 g/mol. The van der Waals surface area contributed by atoms with Crippen LogP contribution in [0, 0.1) is 11.3 Å². The molecule has 0 aliphatic heterocycles. The van der Waals surface area contributed by atoms with E-state index in [9.17, 15) is 0 Å². The summed E-state index contributed by atoms with van der Waals surface area (Å²) in [6.45, 7) is 4.00. The van der Waals surface area contributed by atoms with E-state index in [1.54, 1.807) is 24.0 Å². The molecule has 3 heteroatoms. The summed E-state index contributed by atoms with van der Waals surface area (Å²) in [5.41, 5.74) is 0. The van der Waals surface area contributed by atoms with Gasteiger partial charge in [-0.3, -0.25) is 0 Å². The highest BCUT2D eigenvalue weighted by Crippen LogP contribution is 1.87. The molecule has 54 valence electrons. The normalized spacial score (nSPS) is 7.40. The number of nitriles is 1. The lowest BCUT2D eigenvalue weighted by Crippen LogP contribution is -1.88. The van der Waals surface area contributed by atoms with Gasteiger partial charge in [0.05, 0.1) is 0 Å². The Balaban J connectivity index is 0.000000371. The fraction of sp³-hybridized carbons (Fsp3) is 0.429. The fourth-order valence-electron chi connectivity index (χ4n) is 0.473. The third kappa shape index (κ3) is 1.90. The zero-order chi connectivity index (χ0) is 7.98. The van der Waals surface area contributed by atoms with Crippen molar-refractivity contribution in [2.75, 3.05) is 0 Å². The lowest BCUT2D eigenvalue weighted by atomic mass is 10.7. The van der Waals surface area contributed by atoms with Gasteiger partial charge in [-0.1, -0.05) is 13.8 Å². The molecule has 1 rings (SSSR count). The third-order valence-electron chi connectivity index (χ3n) is 0.921. The van der Waals surface area contributed by atoms with Crippen molar-refractivity contribution in [2.24, 2.45) is 7.05 Å². The molecule has 0 N–H and O–H groups in total. The van der Waals surface area contributed by atoms with Crippen molar-refractivity contribution in [2.45, 2.75) is 13.8 Å². The van der Waals surface area contributed by atoms with Crippen molar-refractivity contribution < 1.29 is 0 Å². The van der Waals surface area contributed by atoms with Gasteiger partial charge in [0, 0.05) is 19.4 Å². The van der Waals surface area contributed by atoms with Crippen LogP contribution in [-0.4, -0.2) is 9.55 Å². The Kier molecular flexibility index (Phi) is 3.97. The first-order valence-electron chi connectivity index (χ1n) is 3.22. The first-order chi connectivity index (χ1) is 4.84. The molecule has 0 radical (unpaired) electrons. The first-order valence-corrected chi connectivity index (χ1v) is 3.22. The monoisotopic (exact) mass is 137 g/mol. The quantitative estimate of drug-likeness (QED) is 0.541. The molecule has 0 aliphatic carbocycles. The Bertz CT molecular complexity index is 219. The summed E-state index contributed by atoms with van der Waals surface area (Å²) in [7, 11) is 1.78. The molecule has 0 unspecified atom stereocenters. The molecule has 1 heterocycles. The van der Waals surface area contributed by atoms with Crippen LogP contribution in [0.4, 0.5) is 0 Å². The molecule has 0 bridgehead atoms. The second-order valence-electron chi connectivity index (χ2n) is 1.47. The van der Waals surface area contributed by atoms with Crippen molar-refractivity contribution in [1.29, 1.82) is 5.26 Å². The van der Waals surface area contributed by atoms with Gasteiger partial charge in [0.1, 0.15) is 6.07 Å². The first kappa shape index (κ1) is 8.70. The molecule has 0 amide bonds. The van der Waals surface area contributed by atoms with Gasteiger partial charge in [0.15, 0.2) is 0 Å². The number of imidazole rings is 1. The molecule has 0 aromatic carbocycles. The predicted molar refractivity (Wildman–Crippen MR) is 39.3 cm³/mol. The molecular formula is C7H11N3. The van der Waals surface area contributed by atoms with Crippen LogP contribution in [-0.2, 0) is 7.05 Å². The Morgan fingerprint density at radius 3 is 2.40 bits per heavy atom. The van der Waals surface area contributed by atoms with Crippen LogP contribution in [0.5, 0.6) is 0 Å². The van der Waals surface area contributed by atoms with E-state index >= 15 is 0 Å². The molecule has 0 fully saturated rings. The molecule has 10 heavy (non-hydrogen) atoms. The van der Waals surface area contributed by atoms with Crippen molar-refractivity contribution in [3.05, 3.63) is 18.2 Å². The summed E-state index contributed by atoms with van der Waals surface area (Å²) in [5.74, 6) is 0.449. The van der Waals surface area contributed by atoms with Crippen LogP contribution in [0.1, 0.15) is 19.7 Å². The predicted octanol–water partition coefficient (Wildman–Crippen LogP) is 1.32. The molecule has 0 saturated heterocycles. The Morgan fingerprint density at radius 1 is 1.60 bits per heavy atom. The maximum atomic E-state index is 8.27. The molecule has 0 atom stereocenters. The summed E-state index contributed by atoms with van der Waals surface area (Å²) in [4.78, 5) is 3.74. The van der Waals surface area contributed by atoms with Crippen molar-refractivity contribution in [1.82, 2.24) is 9.55 Å². The number of aryl methyl sites for hydroxylation is 1. The highest BCUT2D eigenvalue weighted by atomic mass is 15.0. The van der Waals surface area contributed by atoms with E-state index in [0.29, 0.717) is 5.82 Å². The zero-order valence-electron chi connectivity index (χ0n) is 6.50. The number of hydrogen-bond acceptors (Lipinski definition) is 2. The standard InChI is InChI=1S/C5H5N3.C2H6/c1-8-3-2-7-5(8)4-6;1-2/h2-3H,1H3;1-2H3. The van der Waals surface area contributed by atoms with Crippen LogP contribution < -0.4 is 0 Å². The number of aromatic nitrogens is 2. The number of nitrogens with zero attached hydrogens (tertiary/aromatic N) is 3. The van der Waals surface area contributed by atoms with Gasteiger partial charge >= 0.3 is 0 Å². The van der Waals surface area contributed by atoms with Gasteiger partial charge in [-0.25, -0.2) is 4.98 Å². The molecule has 1 aromatic heterocycles. The van der Waals surface area contributed by atoms with E-state index in [-0.39, 0.29) is 0 Å². The van der Waals surface area contributed by atoms with E-state index < -0.39 is 0 Å². The smallest absolute Gasteiger partial charge is 0.212 e. The SMILES string of the molecule is CC.Cn1ccnc1C#N. The van der Waals surface area contributed by atoms with Crippen LogP contribution >= 0.6 is 0 Å². The minimum atomic E-state index is 0.449. The van der Waals surface area contributed by atoms with E-state index in [1.807, 2.05) is 19.9 Å². The summed E-state index contributed by atoms with van der Waals surface area (Å²) >= 11 is 0. The van der Waals surface area contributed by atoms with Crippen LogP contribution in [0.15, 0.2) is 12.4 Å². The molecule has 0 saturated carbocycles. The highest BCUT2D eigenvalue weighted by Gasteiger charge is 1.91. The van der Waals surface area contributed by atoms with E-state index in [1.165, 1.54) is 0 Å². The van der Waals surface area contributed by atoms with E-state index in [4.69, 9.17) is 5.26 Å². The van der Waals surface area contributed by atoms with Crippen LogP contribution in [0.2, 0.25) is 0 Å². The molecular weight excluding hydrogens is 126 g/mol. The van der Waals surface area contributed by atoms with Crippen LogP contribution in [0.25, 0.3) is 0 Å². The van der Waals surface area contributed by atoms with Gasteiger partial charge in [0.25, 0.3) is 0 Å². The summed E-state index contributed by atoms with van der Waals surface area (Å²) in [5, 5.41) is 8.27. The number of rotatable bonds is 0. The molecule has 0 spiro atoms. The average Bonchev–Trinajstić information content (AvgIpc) is 2.39. The maximum absolute atomic E-state index is 8.27. The van der Waals surface area contributed by atoms with Gasteiger partial charge in [-0.15, -0.1) is 0 Å². The summed E-state index contributed by atoms with van der Waals surface area (Å²) in [6.07, 6.45) is 3.33. The summed E-state index contributed by atoms with van der Waals surface area (Å²) in [6, 6.07) is 1.93. The van der Waals surface area contributed by atoms with Crippen LogP contribution in [0.3, 0.4) is 0 Å². The van der Waals surface area contributed by atoms with Gasteiger partial charge < -0.3 is 4.57 Å². The summed E-state index contributed by atoms with van der Waals surface area (Å²) < 4.78 is 1.67. The van der Waals surface area contributed by atoms with E-state index in [2.05, 4.69) is 4.98 Å². The van der Waals surface area contributed by atoms with Crippen molar-refractivity contribution in [3.8, 4) is 6.07 Å². The van der Waals surface area contributed by atoms with E-state index in [0.717, 1.165) is 0 Å². The topological polar surface area (TPSA) is 41.6 Å². The minimum absolute atomic E-state index is 0.449.